The summed E-state index contributed by atoms with van der Waals surface area (Å²) in [6.45, 7) is 1.88. The van der Waals surface area contributed by atoms with Crippen LogP contribution in [-0.2, 0) is 9.53 Å². The molecule has 0 fully saturated rings. The van der Waals surface area contributed by atoms with Crippen molar-refractivity contribution in [2.75, 3.05) is 6.61 Å². The van der Waals surface area contributed by atoms with Crippen LogP contribution in [0.25, 0.3) is 0 Å². The van der Waals surface area contributed by atoms with Crippen molar-refractivity contribution in [2.45, 2.75) is 38.4 Å². The highest BCUT2D eigenvalue weighted by molar-refractivity contribution is 5.69. The molecule has 0 heterocycles. The van der Waals surface area contributed by atoms with Crippen molar-refractivity contribution < 1.29 is 22.7 Å². The minimum absolute atomic E-state index is 0.0163. The molecule has 0 aliphatic rings. The average molecular weight is 213 g/mol. The lowest BCUT2D eigenvalue weighted by molar-refractivity contribution is -0.151. The first kappa shape index (κ1) is 13.2. The van der Waals surface area contributed by atoms with Crippen LogP contribution in [0, 0.1) is 0 Å². The minimum atomic E-state index is -4.38. The third-order valence-electron chi connectivity index (χ3n) is 1.62. The van der Waals surface area contributed by atoms with Crippen molar-refractivity contribution in [1.82, 2.24) is 0 Å². The number of carbonyl (C=O) groups is 1. The van der Waals surface area contributed by atoms with E-state index in [-0.39, 0.29) is 25.9 Å². The van der Waals surface area contributed by atoms with Crippen LogP contribution in [-0.4, -0.2) is 24.8 Å². The number of hydrogen-bond donors (Lipinski definition) is 1. The molecule has 0 saturated carbocycles. The predicted octanol–water partition coefficient (Wildman–Crippen LogP) is 1.61. The Morgan fingerprint density at radius 1 is 1.50 bits per heavy atom. The normalized spacial score (nSPS) is 13.8. The van der Waals surface area contributed by atoms with Gasteiger partial charge in [0.05, 0.1) is 6.61 Å². The molecule has 3 nitrogen and oxygen atoms in total. The summed E-state index contributed by atoms with van der Waals surface area (Å²) in [6.07, 6.45) is -4.55. The highest BCUT2D eigenvalue weighted by Crippen LogP contribution is 2.21. The van der Waals surface area contributed by atoms with Gasteiger partial charge in [-0.05, 0) is 19.8 Å². The quantitative estimate of drug-likeness (QED) is 0.706. The zero-order valence-corrected chi connectivity index (χ0v) is 7.93. The minimum Gasteiger partial charge on any atom is -0.466 e. The van der Waals surface area contributed by atoms with Gasteiger partial charge in [-0.3, -0.25) is 4.79 Å². The summed E-state index contributed by atoms with van der Waals surface area (Å²) in [7, 11) is 0. The summed E-state index contributed by atoms with van der Waals surface area (Å²) in [5.41, 5.74) is 4.83. The molecule has 84 valence electrons. The molecule has 6 heteroatoms. The van der Waals surface area contributed by atoms with Crippen molar-refractivity contribution in [1.29, 1.82) is 0 Å². The Morgan fingerprint density at radius 3 is 2.50 bits per heavy atom. The molecule has 0 aromatic rings. The maximum Gasteiger partial charge on any atom is 0.403 e. The number of ether oxygens (including phenoxy) is 1. The van der Waals surface area contributed by atoms with Gasteiger partial charge in [-0.15, -0.1) is 0 Å². The highest BCUT2D eigenvalue weighted by Gasteiger charge is 2.35. The Bertz CT molecular complexity index is 182. The van der Waals surface area contributed by atoms with E-state index in [1.165, 1.54) is 0 Å². The summed E-state index contributed by atoms with van der Waals surface area (Å²) in [4.78, 5) is 10.7. The van der Waals surface area contributed by atoms with E-state index >= 15 is 0 Å². The molecular weight excluding hydrogens is 199 g/mol. The lowest BCUT2D eigenvalue weighted by Crippen LogP contribution is -2.37. The van der Waals surface area contributed by atoms with Gasteiger partial charge in [0.25, 0.3) is 0 Å². The molecule has 0 amide bonds. The average Bonchev–Trinajstić information content (AvgIpc) is 2.02. The number of nitrogens with two attached hydrogens (primary N) is 1. The van der Waals surface area contributed by atoms with E-state index in [4.69, 9.17) is 5.73 Å². The molecule has 0 bridgehead atoms. The van der Waals surface area contributed by atoms with Crippen LogP contribution >= 0.6 is 0 Å². The zero-order chi connectivity index (χ0) is 11.2. The molecule has 14 heavy (non-hydrogen) atoms. The van der Waals surface area contributed by atoms with Crippen molar-refractivity contribution in [3.63, 3.8) is 0 Å². The molecule has 0 radical (unpaired) electrons. The van der Waals surface area contributed by atoms with Crippen LogP contribution in [0.4, 0.5) is 13.2 Å². The third-order valence-corrected chi connectivity index (χ3v) is 1.62. The molecule has 1 atom stereocenters. The van der Waals surface area contributed by atoms with Gasteiger partial charge in [-0.1, -0.05) is 0 Å². The Morgan fingerprint density at radius 2 is 2.07 bits per heavy atom. The van der Waals surface area contributed by atoms with E-state index in [0.29, 0.717) is 0 Å². The maximum absolute atomic E-state index is 11.9. The fourth-order valence-corrected chi connectivity index (χ4v) is 0.863. The summed E-state index contributed by atoms with van der Waals surface area (Å²) in [5, 5.41) is 0. The SMILES string of the molecule is CCOC(=O)CCCC(N)C(F)(F)F. The second kappa shape index (κ2) is 5.85. The van der Waals surface area contributed by atoms with Gasteiger partial charge in [-0.2, -0.15) is 13.2 Å². The Kier molecular flexibility index (Phi) is 5.52. The Labute approximate surface area is 80.4 Å². The third kappa shape index (κ3) is 5.80. The molecular formula is C8H14F3NO2. The summed E-state index contributed by atoms with van der Waals surface area (Å²) in [6, 6.07) is -1.85. The first-order valence-corrected chi connectivity index (χ1v) is 4.35. The molecule has 0 rings (SSSR count). The number of alkyl halides is 3. The number of rotatable bonds is 5. The molecule has 0 aromatic heterocycles. The predicted molar refractivity (Wildman–Crippen MR) is 44.5 cm³/mol. The lowest BCUT2D eigenvalue weighted by atomic mass is 10.1. The van der Waals surface area contributed by atoms with Crippen LogP contribution in [0.15, 0.2) is 0 Å². The Balaban J connectivity index is 3.59. The maximum atomic E-state index is 11.9. The topological polar surface area (TPSA) is 52.3 Å². The van der Waals surface area contributed by atoms with Crippen molar-refractivity contribution in [3.8, 4) is 0 Å². The molecule has 1 unspecified atom stereocenters. The molecule has 0 aliphatic carbocycles. The van der Waals surface area contributed by atoms with Crippen LogP contribution < -0.4 is 5.73 Å². The van der Waals surface area contributed by atoms with Gasteiger partial charge >= 0.3 is 12.1 Å². The van der Waals surface area contributed by atoms with E-state index in [0.717, 1.165) is 0 Å². The van der Waals surface area contributed by atoms with Gasteiger partial charge in [0.1, 0.15) is 6.04 Å². The number of carbonyl (C=O) groups excluding carboxylic acids is 1. The standard InChI is InChI=1S/C8H14F3NO2/c1-2-14-7(13)5-3-4-6(12)8(9,10)11/h6H,2-5,12H2,1H3. The van der Waals surface area contributed by atoms with Crippen LogP contribution in [0.5, 0.6) is 0 Å². The summed E-state index contributed by atoms with van der Waals surface area (Å²) < 4.78 is 40.2. The van der Waals surface area contributed by atoms with Crippen molar-refractivity contribution in [3.05, 3.63) is 0 Å². The van der Waals surface area contributed by atoms with Gasteiger partial charge in [0.15, 0.2) is 0 Å². The number of esters is 1. The highest BCUT2D eigenvalue weighted by atomic mass is 19.4. The fourth-order valence-electron chi connectivity index (χ4n) is 0.863. The van der Waals surface area contributed by atoms with Crippen LogP contribution in [0.3, 0.4) is 0 Å². The van der Waals surface area contributed by atoms with Crippen molar-refractivity contribution >= 4 is 5.97 Å². The first-order chi connectivity index (χ1) is 6.38. The molecule has 0 saturated heterocycles. The smallest absolute Gasteiger partial charge is 0.403 e. The van der Waals surface area contributed by atoms with Crippen LogP contribution in [0.2, 0.25) is 0 Å². The second-order valence-corrected chi connectivity index (χ2v) is 2.85. The van der Waals surface area contributed by atoms with Gasteiger partial charge in [0.2, 0.25) is 0 Å². The largest absolute Gasteiger partial charge is 0.466 e. The van der Waals surface area contributed by atoms with Gasteiger partial charge in [0, 0.05) is 6.42 Å². The number of halogens is 3. The van der Waals surface area contributed by atoms with E-state index < -0.39 is 18.2 Å². The van der Waals surface area contributed by atoms with E-state index in [2.05, 4.69) is 4.74 Å². The van der Waals surface area contributed by atoms with Crippen LogP contribution in [0.1, 0.15) is 26.2 Å². The summed E-state index contributed by atoms with van der Waals surface area (Å²) >= 11 is 0. The van der Waals surface area contributed by atoms with E-state index in [1.807, 2.05) is 0 Å². The lowest BCUT2D eigenvalue weighted by Gasteiger charge is -2.14. The monoisotopic (exact) mass is 213 g/mol. The van der Waals surface area contributed by atoms with Crippen molar-refractivity contribution in [2.24, 2.45) is 5.73 Å². The number of hydrogen-bond acceptors (Lipinski definition) is 3. The molecule has 0 aliphatic heterocycles. The second-order valence-electron chi connectivity index (χ2n) is 2.85. The first-order valence-electron chi connectivity index (χ1n) is 4.35. The summed E-state index contributed by atoms with van der Waals surface area (Å²) in [5.74, 6) is -0.484. The molecule has 0 spiro atoms. The fraction of sp³-hybridized carbons (Fsp3) is 0.875. The molecule has 2 N–H and O–H groups in total. The van der Waals surface area contributed by atoms with E-state index in [1.54, 1.807) is 6.92 Å². The zero-order valence-electron chi connectivity index (χ0n) is 7.93. The Hall–Kier alpha value is -0.780. The van der Waals surface area contributed by atoms with E-state index in [9.17, 15) is 18.0 Å². The van der Waals surface area contributed by atoms with Gasteiger partial charge in [-0.25, -0.2) is 0 Å². The van der Waals surface area contributed by atoms with Gasteiger partial charge < -0.3 is 10.5 Å². The molecule has 0 aromatic carbocycles.